The lowest BCUT2D eigenvalue weighted by Gasteiger charge is -2.13. The Morgan fingerprint density at radius 1 is 1.17 bits per heavy atom. The third-order valence-electron chi connectivity index (χ3n) is 5.10. The summed E-state index contributed by atoms with van der Waals surface area (Å²) in [5.74, 6) is -2.77. The van der Waals surface area contributed by atoms with Crippen molar-refractivity contribution in [3.63, 3.8) is 0 Å². The van der Waals surface area contributed by atoms with Crippen LogP contribution in [-0.2, 0) is 4.79 Å². The summed E-state index contributed by atoms with van der Waals surface area (Å²) in [6.07, 6.45) is 2.35. The number of hydrogen-bond donors (Lipinski definition) is 2. The molecule has 0 spiro atoms. The Morgan fingerprint density at radius 2 is 1.83 bits per heavy atom. The molecule has 2 aliphatic rings. The van der Waals surface area contributed by atoms with E-state index >= 15 is 0 Å². The van der Waals surface area contributed by atoms with Crippen molar-refractivity contribution >= 4 is 23.3 Å². The van der Waals surface area contributed by atoms with Crippen LogP contribution in [0.3, 0.4) is 0 Å². The van der Waals surface area contributed by atoms with Crippen LogP contribution in [0.2, 0.25) is 0 Å². The smallest absolute Gasteiger partial charge is 0.345 e. The predicted molar refractivity (Wildman–Crippen MR) is 104 cm³/mol. The van der Waals surface area contributed by atoms with Gasteiger partial charge in [-0.1, -0.05) is 12.1 Å². The second-order valence-electron chi connectivity index (χ2n) is 7.09. The van der Waals surface area contributed by atoms with E-state index in [1.165, 1.54) is 25.5 Å². The summed E-state index contributed by atoms with van der Waals surface area (Å²) in [5.41, 5.74) is 1.18. The highest BCUT2D eigenvalue weighted by Crippen LogP contribution is 2.40. The quantitative estimate of drug-likeness (QED) is 0.822. The third-order valence-corrected chi connectivity index (χ3v) is 5.10. The molecule has 1 aliphatic heterocycles. The van der Waals surface area contributed by atoms with Crippen LogP contribution >= 0.6 is 0 Å². The van der Waals surface area contributed by atoms with Crippen molar-refractivity contribution < 1.29 is 23.1 Å². The minimum absolute atomic E-state index is 0.0203. The molecular formula is C21H19F2N3O3. The summed E-state index contributed by atoms with van der Waals surface area (Å²) < 4.78 is 33.7. The Bertz CT molecular complexity index is 978. The fourth-order valence-electron chi connectivity index (χ4n) is 3.44. The number of halogens is 2. The van der Waals surface area contributed by atoms with E-state index in [1.807, 2.05) is 12.1 Å². The van der Waals surface area contributed by atoms with Gasteiger partial charge in [0.25, 0.3) is 5.91 Å². The molecule has 1 saturated carbocycles. The first-order valence-corrected chi connectivity index (χ1v) is 9.27. The number of nitrogens with one attached hydrogen (secondary N) is 2. The lowest BCUT2D eigenvalue weighted by atomic mass is 9.95. The highest BCUT2D eigenvalue weighted by atomic mass is 19.1. The summed E-state index contributed by atoms with van der Waals surface area (Å²) in [6, 6.07) is 8.68. The van der Waals surface area contributed by atoms with Gasteiger partial charge in [-0.2, -0.15) is 4.99 Å². The number of ether oxygens (including phenoxy) is 1. The first-order chi connectivity index (χ1) is 14.0. The Balaban J connectivity index is 1.56. The first-order valence-electron chi connectivity index (χ1n) is 9.27. The molecular weight excluding hydrogens is 380 g/mol. The average Bonchev–Trinajstić information content (AvgIpc) is 3.48. The van der Waals surface area contributed by atoms with Crippen LogP contribution in [0.25, 0.3) is 0 Å². The highest BCUT2D eigenvalue weighted by molar-refractivity contribution is 6.44. The zero-order chi connectivity index (χ0) is 20.5. The second kappa shape index (κ2) is 7.62. The van der Waals surface area contributed by atoms with Crippen molar-refractivity contribution in [2.45, 2.75) is 24.7 Å². The summed E-state index contributed by atoms with van der Waals surface area (Å²) in [7, 11) is 1.29. The number of benzene rings is 2. The van der Waals surface area contributed by atoms with E-state index in [2.05, 4.69) is 15.6 Å². The van der Waals surface area contributed by atoms with Gasteiger partial charge in [-0.15, -0.1) is 0 Å². The number of urea groups is 1. The summed E-state index contributed by atoms with van der Waals surface area (Å²) >= 11 is 0. The van der Waals surface area contributed by atoms with Crippen LogP contribution in [0.4, 0.5) is 19.3 Å². The molecule has 2 N–H and O–H groups in total. The van der Waals surface area contributed by atoms with Gasteiger partial charge in [-0.3, -0.25) is 4.79 Å². The van der Waals surface area contributed by atoms with Crippen LogP contribution in [-0.4, -0.2) is 31.3 Å². The maximum Gasteiger partial charge on any atom is 0.345 e. The van der Waals surface area contributed by atoms with Crippen molar-refractivity contribution in [3.05, 3.63) is 59.2 Å². The van der Waals surface area contributed by atoms with Gasteiger partial charge in [0.1, 0.15) is 23.1 Å². The number of amides is 3. The van der Waals surface area contributed by atoms with Gasteiger partial charge in [-0.05, 0) is 36.5 Å². The predicted octanol–water partition coefficient (Wildman–Crippen LogP) is 3.74. The average molecular weight is 399 g/mol. The number of anilines is 1. The Labute approximate surface area is 166 Å². The lowest BCUT2D eigenvalue weighted by molar-refractivity contribution is -0.113. The van der Waals surface area contributed by atoms with E-state index in [0.29, 0.717) is 11.6 Å². The van der Waals surface area contributed by atoms with E-state index in [-0.39, 0.29) is 23.6 Å². The van der Waals surface area contributed by atoms with Gasteiger partial charge in [0.15, 0.2) is 0 Å². The zero-order valence-electron chi connectivity index (χ0n) is 15.7. The van der Waals surface area contributed by atoms with Crippen LogP contribution in [0.15, 0.2) is 41.4 Å². The topological polar surface area (TPSA) is 79.8 Å². The van der Waals surface area contributed by atoms with Crippen molar-refractivity contribution in [1.82, 2.24) is 5.32 Å². The fraction of sp³-hybridized carbons (Fsp3) is 0.286. The number of rotatable bonds is 4. The van der Waals surface area contributed by atoms with Gasteiger partial charge in [0, 0.05) is 29.9 Å². The summed E-state index contributed by atoms with van der Waals surface area (Å²) in [6.45, 7) is -0.0544. The molecule has 1 atom stereocenters. The van der Waals surface area contributed by atoms with Crippen molar-refractivity contribution in [2.75, 3.05) is 19.0 Å². The van der Waals surface area contributed by atoms with Gasteiger partial charge < -0.3 is 15.4 Å². The molecule has 2 aromatic rings. The molecule has 4 rings (SSSR count). The Kier molecular flexibility index (Phi) is 5.00. The molecule has 1 aliphatic carbocycles. The molecule has 2 fully saturated rings. The number of carbonyl (C=O) groups excluding carboxylic acids is 2. The number of carbonyl (C=O) groups is 2. The molecule has 3 amide bonds. The molecule has 6 nitrogen and oxygen atoms in total. The van der Waals surface area contributed by atoms with Crippen molar-refractivity contribution in [1.29, 1.82) is 0 Å². The van der Waals surface area contributed by atoms with Crippen LogP contribution in [0, 0.1) is 11.6 Å². The van der Waals surface area contributed by atoms with Crippen molar-refractivity contribution in [2.24, 2.45) is 4.99 Å². The molecule has 8 heteroatoms. The SMILES string of the molecule is COc1cc(F)c([C@@H]2CNC(=O)/C2=N/C(=O)Nc2ccc(C3CC3)cc2)c(F)c1. The number of methoxy groups -OCH3 is 1. The van der Waals surface area contributed by atoms with E-state index < -0.39 is 29.5 Å². The van der Waals surface area contributed by atoms with Gasteiger partial charge in [0.05, 0.1) is 13.0 Å². The molecule has 150 valence electrons. The van der Waals surface area contributed by atoms with E-state index in [4.69, 9.17) is 4.74 Å². The summed E-state index contributed by atoms with van der Waals surface area (Å²) in [5, 5.41) is 5.06. The maximum atomic E-state index is 14.4. The highest BCUT2D eigenvalue weighted by Gasteiger charge is 2.36. The molecule has 0 unspecified atom stereocenters. The molecule has 0 radical (unpaired) electrons. The summed E-state index contributed by atoms with van der Waals surface area (Å²) in [4.78, 5) is 28.2. The largest absolute Gasteiger partial charge is 0.497 e. The zero-order valence-corrected chi connectivity index (χ0v) is 15.7. The maximum absolute atomic E-state index is 14.4. The molecule has 1 heterocycles. The van der Waals surface area contributed by atoms with E-state index in [1.54, 1.807) is 12.1 Å². The van der Waals surface area contributed by atoms with E-state index in [9.17, 15) is 18.4 Å². The first kappa shape index (κ1) is 19.0. The normalized spacial score (nSPS) is 19.9. The third kappa shape index (κ3) is 3.96. The van der Waals surface area contributed by atoms with Crippen LogP contribution in [0.1, 0.15) is 35.8 Å². The number of hydrogen-bond acceptors (Lipinski definition) is 3. The second-order valence-corrected chi connectivity index (χ2v) is 7.09. The van der Waals surface area contributed by atoms with E-state index in [0.717, 1.165) is 12.1 Å². The Hall–Kier alpha value is -3.29. The van der Waals surface area contributed by atoms with Crippen LogP contribution in [0.5, 0.6) is 5.75 Å². The van der Waals surface area contributed by atoms with Gasteiger partial charge >= 0.3 is 6.03 Å². The molecule has 0 aromatic heterocycles. The number of nitrogens with zero attached hydrogens (tertiary/aromatic N) is 1. The van der Waals surface area contributed by atoms with Gasteiger partial charge in [0.2, 0.25) is 0 Å². The molecule has 2 aromatic carbocycles. The molecule has 1 saturated heterocycles. The standard InChI is InChI=1S/C21H19F2N3O3/c1-29-14-8-16(22)18(17(23)9-14)15-10-24-20(27)19(15)26-21(28)25-13-6-4-12(5-7-13)11-2-3-11/h4-9,11,15H,2-3,10H2,1H3,(H,24,27)(H,25,28)/b26-19+/t15-/m0/s1. The van der Waals surface area contributed by atoms with Crippen molar-refractivity contribution in [3.8, 4) is 5.75 Å². The monoisotopic (exact) mass is 399 g/mol. The van der Waals surface area contributed by atoms with Gasteiger partial charge in [-0.25, -0.2) is 13.6 Å². The Morgan fingerprint density at radius 3 is 2.41 bits per heavy atom. The minimum atomic E-state index is -1.02. The molecule has 29 heavy (non-hydrogen) atoms. The number of aliphatic imine (C=N–C) groups is 1. The lowest BCUT2D eigenvalue weighted by Crippen LogP contribution is -2.22. The fourth-order valence-corrected chi connectivity index (χ4v) is 3.44. The molecule has 0 bridgehead atoms. The van der Waals surface area contributed by atoms with Crippen LogP contribution < -0.4 is 15.4 Å². The minimum Gasteiger partial charge on any atom is -0.497 e.